The number of aliphatic imine (C=N–C) groups is 1. The molecule has 0 aliphatic carbocycles. The van der Waals surface area contributed by atoms with Gasteiger partial charge in [-0.1, -0.05) is 47.4 Å². The van der Waals surface area contributed by atoms with Gasteiger partial charge in [-0.05, 0) is 18.2 Å². The number of nitro groups is 1. The Bertz CT molecular complexity index is 1110. The van der Waals surface area contributed by atoms with Crippen LogP contribution in [0, 0.1) is 10.1 Å². The molecule has 4 aromatic rings. The zero-order valence-electron chi connectivity index (χ0n) is 13.7. The van der Waals surface area contributed by atoms with E-state index < -0.39 is 4.92 Å². The van der Waals surface area contributed by atoms with Crippen LogP contribution in [0.2, 0.25) is 0 Å². The molecular weight excluding hydrogens is 402 g/mol. The van der Waals surface area contributed by atoms with Crippen molar-refractivity contribution >= 4 is 61.7 Å². The Hall–Kier alpha value is -2.69. The molecule has 0 spiro atoms. The lowest BCUT2D eigenvalue weighted by molar-refractivity contribution is -0.385. The van der Waals surface area contributed by atoms with E-state index in [4.69, 9.17) is 0 Å². The maximum Gasteiger partial charge on any atom is 0.278 e. The van der Waals surface area contributed by atoms with Gasteiger partial charge in [0.2, 0.25) is 5.13 Å². The molecule has 134 valence electrons. The second kappa shape index (κ2) is 7.91. The molecule has 7 nitrogen and oxygen atoms in total. The molecule has 0 atom stereocenters. The molecule has 0 radical (unpaired) electrons. The van der Waals surface area contributed by atoms with Gasteiger partial charge in [0.1, 0.15) is 5.01 Å². The molecule has 0 aliphatic rings. The van der Waals surface area contributed by atoms with Crippen LogP contribution < -0.4 is 0 Å². The SMILES string of the molecule is O=[N+]([O-])c1ccccc1/C=N/c1nnc(CSc2nc3ccccc3s2)s1. The van der Waals surface area contributed by atoms with Gasteiger partial charge in [-0.2, -0.15) is 0 Å². The van der Waals surface area contributed by atoms with E-state index in [0.29, 0.717) is 16.4 Å². The summed E-state index contributed by atoms with van der Waals surface area (Å²) in [5.74, 6) is 0.651. The van der Waals surface area contributed by atoms with E-state index in [1.54, 1.807) is 41.3 Å². The molecule has 0 saturated carbocycles. The normalized spacial score (nSPS) is 11.4. The number of hydrogen-bond donors (Lipinski definition) is 0. The summed E-state index contributed by atoms with van der Waals surface area (Å²) >= 11 is 4.62. The number of aromatic nitrogens is 3. The second-order valence-corrected chi connectivity index (χ2v) is 8.58. The molecule has 2 heterocycles. The highest BCUT2D eigenvalue weighted by molar-refractivity contribution is 8.00. The number of thiazole rings is 1. The van der Waals surface area contributed by atoms with Crippen LogP contribution >= 0.6 is 34.4 Å². The molecular formula is C17H11N5O2S3. The lowest BCUT2D eigenvalue weighted by atomic mass is 10.2. The maximum atomic E-state index is 11.0. The van der Waals surface area contributed by atoms with Crippen LogP contribution in [0.5, 0.6) is 0 Å². The Labute approximate surface area is 166 Å². The highest BCUT2D eigenvalue weighted by Gasteiger charge is 2.11. The molecule has 4 rings (SSSR count). The molecule has 10 heteroatoms. The minimum atomic E-state index is -0.429. The average Bonchev–Trinajstić information content (AvgIpc) is 3.31. The van der Waals surface area contributed by atoms with Crippen molar-refractivity contribution in [2.45, 2.75) is 10.1 Å². The molecule has 0 saturated heterocycles. The predicted octanol–water partition coefficient (Wildman–Crippen LogP) is 5.10. The number of para-hydroxylation sites is 2. The van der Waals surface area contributed by atoms with E-state index in [1.807, 2.05) is 18.2 Å². The fraction of sp³-hybridized carbons (Fsp3) is 0.0588. The number of nitrogens with zero attached hydrogens (tertiary/aromatic N) is 5. The molecule has 0 aliphatic heterocycles. The molecule has 0 amide bonds. The van der Waals surface area contributed by atoms with E-state index in [1.165, 1.54) is 23.6 Å². The van der Waals surface area contributed by atoms with Gasteiger partial charge in [-0.15, -0.1) is 21.5 Å². The molecule has 27 heavy (non-hydrogen) atoms. The number of benzene rings is 2. The van der Waals surface area contributed by atoms with Crippen LogP contribution in [0.25, 0.3) is 10.2 Å². The number of rotatable bonds is 6. The maximum absolute atomic E-state index is 11.0. The quantitative estimate of drug-likeness (QED) is 0.189. The first-order valence-electron chi connectivity index (χ1n) is 7.77. The average molecular weight is 414 g/mol. The van der Waals surface area contributed by atoms with Crippen molar-refractivity contribution in [3.8, 4) is 0 Å². The lowest BCUT2D eigenvalue weighted by Gasteiger charge is -1.94. The van der Waals surface area contributed by atoms with Crippen molar-refractivity contribution in [2.75, 3.05) is 0 Å². The fourth-order valence-corrected chi connectivity index (χ4v) is 5.02. The van der Waals surface area contributed by atoms with Crippen LogP contribution in [-0.2, 0) is 5.75 Å². The predicted molar refractivity (Wildman–Crippen MR) is 109 cm³/mol. The zero-order valence-corrected chi connectivity index (χ0v) is 16.1. The summed E-state index contributed by atoms with van der Waals surface area (Å²) in [6.07, 6.45) is 1.45. The molecule has 2 aromatic carbocycles. The smallest absolute Gasteiger partial charge is 0.258 e. The second-order valence-electron chi connectivity index (χ2n) is 5.29. The van der Waals surface area contributed by atoms with Crippen molar-refractivity contribution in [2.24, 2.45) is 4.99 Å². The lowest BCUT2D eigenvalue weighted by Crippen LogP contribution is -1.93. The third kappa shape index (κ3) is 4.18. The van der Waals surface area contributed by atoms with E-state index in [2.05, 4.69) is 26.2 Å². The number of nitro benzene ring substituents is 1. The van der Waals surface area contributed by atoms with Gasteiger partial charge in [0.15, 0.2) is 4.34 Å². The first-order valence-corrected chi connectivity index (χ1v) is 10.4. The summed E-state index contributed by atoms with van der Waals surface area (Å²) in [5, 5.41) is 20.5. The van der Waals surface area contributed by atoms with Crippen LogP contribution in [0.1, 0.15) is 10.6 Å². The van der Waals surface area contributed by atoms with Crippen molar-refractivity contribution in [3.05, 3.63) is 69.2 Å². The number of fused-ring (bicyclic) bond motifs is 1. The molecule has 0 unspecified atom stereocenters. The number of hydrogen-bond acceptors (Lipinski definition) is 9. The first kappa shape index (κ1) is 17.7. The van der Waals surface area contributed by atoms with Gasteiger partial charge in [0.05, 0.1) is 26.5 Å². The summed E-state index contributed by atoms with van der Waals surface area (Å²) in [7, 11) is 0. The van der Waals surface area contributed by atoms with Crippen molar-refractivity contribution in [1.29, 1.82) is 0 Å². The Kier molecular flexibility index (Phi) is 5.19. The van der Waals surface area contributed by atoms with E-state index in [-0.39, 0.29) is 5.69 Å². The van der Waals surface area contributed by atoms with E-state index in [9.17, 15) is 10.1 Å². The van der Waals surface area contributed by atoms with Gasteiger partial charge in [-0.25, -0.2) is 9.98 Å². The summed E-state index contributed by atoms with van der Waals surface area (Å²) in [4.78, 5) is 19.4. The standard InChI is InChI=1S/C17H11N5O2S3/c23-22(24)13-7-3-1-5-11(13)9-18-16-21-20-15(27-16)10-25-17-19-12-6-2-4-8-14(12)26-17/h1-9H,10H2/b18-9+. The summed E-state index contributed by atoms with van der Waals surface area (Å²) in [6.45, 7) is 0. The minimum absolute atomic E-state index is 0.0115. The topological polar surface area (TPSA) is 94.2 Å². The third-order valence-electron chi connectivity index (χ3n) is 3.50. The summed E-state index contributed by atoms with van der Waals surface area (Å²) in [5.41, 5.74) is 1.44. The largest absolute Gasteiger partial charge is 0.278 e. The van der Waals surface area contributed by atoms with Crippen LogP contribution in [0.4, 0.5) is 10.8 Å². The van der Waals surface area contributed by atoms with Crippen molar-refractivity contribution < 1.29 is 4.92 Å². The summed E-state index contributed by atoms with van der Waals surface area (Å²) < 4.78 is 2.14. The van der Waals surface area contributed by atoms with Crippen LogP contribution in [-0.4, -0.2) is 26.3 Å². The molecule has 0 bridgehead atoms. The fourth-order valence-electron chi connectivity index (χ4n) is 2.28. The first-order chi connectivity index (χ1) is 13.2. The van der Waals surface area contributed by atoms with Gasteiger partial charge < -0.3 is 0 Å². The molecule has 2 aromatic heterocycles. The number of thioether (sulfide) groups is 1. The van der Waals surface area contributed by atoms with Crippen LogP contribution in [0.15, 0.2) is 57.9 Å². The monoisotopic (exact) mass is 413 g/mol. The Morgan fingerprint density at radius 2 is 1.93 bits per heavy atom. The Morgan fingerprint density at radius 1 is 1.11 bits per heavy atom. The summed E-state index contributed by atoms with van der Waals surface area (Å²) in [6, 6.07) is 14.5. The minimum Gasteiger partial charge on any atom is -0.258 e. The van der Waals surface area contributed by atoms with Crippen LogP contribution in [0.3, 0.4) is 0 Å². The highest BCUT2D eigenvalue weighted by atomic mass is 32.2. The van der Waals surface area contributed by atoms with Crippen molar-refractivity contribution in [3.63, 3.8) is 0 Å². The van der Waals surface area contributed by atoms with Gasteiger partial charge in [-0.3, -0.25) is 10.1 Å². The molecule has 0 fully saturated rings. The van der Waals surface area contributed by atoms with Gasteiger partial charge in [0, 0.05) is 12.3 Å². The Morgan fingerprint density at radius 3 is 2.78 bits per heavy atom. The van der Waals surface area contributed by atoms with E-state index >= 15 is 0 Å². The van der Waals surface area contributed by atoms with E-state index in [0.717, 1.165) is 19.6 Å². The zero-order chi connectivity index (χ0) is 18.6. The van der Waals surface area contributed by atoms with Gasteiger partial charge >= 0.3 is 0 Å². The highest BCUT2D eigenvalue weighted by Crippen LogP contribution is 2.32. The van der Waals surface area contributed by atoms with Gasteiger partial charge in [0.25, 0.3) is 5.69 Å². The molecule has 0 N–H and O–H groups in total. The third-order valence-corrected chi connectivity index (χ3v) is 6.70. The Balaban J connectivity index is 1.43. The van der Waals surface area contributed by atoms with Crippen molar-refractivity contribution in [1.82, 2.24) is 15.2 Å².